The summed E-state index contributed by atoms with van der Waals surface area (Å²) in [5.41, 5.74) is 0.895. The molecule has 2 aliphatic heterocycles. The number of carbonyl (C=O) groups excluding carboxylic acids is 2. The molecule has 6 rings (SSSR count). The van der Waals surface area contributed by atoms with Gasteiger partial charge in [-0.15, -0.1) is 11.3 Å². The van der Waals surface area contributed by atoms with E-state index in [4.69, 9.17) is 25.5 Å². The van der Waals surface area contributed by atoms with Crippen LogP contribution in [0.15, 0.2) is 75.7 Å². The first-order valence-electron chi connectivity index (χ1n) is 9.95. The highest BCUT2D eigenvalue weighted by molar-refractivity contribution is 7.10. The summed E-state index contributed by atoms with van der Waals surface area (Å²) in [6.45, 7) is 0.0877. The van der Waals surface area contributed by atoms with Crippen LogP contribution in [0.4, 0.5) is 5.69 Å². The lowest BCUT2D eigenvalue weighted by Crippen LogP contribution is -2.30. The van der Waals surface area contributed by atoms with Crippen molar-refractivity contribution in [2.24, 2.45) is 0 Å². The average molecular weight is 480 g/mol. The molecule has 1 unspecified atom stereocenters. The Hall–Kier alpha value is -3.75. The molecule has 0 saturated heterocycles. The molecule has 0 spiro atoms. The second-order valence-electron chi connectivity index (χ2n) is 7.51. The molecular weight excluding hydrogens is 466 g/mol. The number of halogens is 1. The van der Waals surface area contributed by atoms with Crippen molar-refractivity contribution in [3.63, 3.8) is 0 Å². The van der Waals surface area contributed by atoms with E-state index in [0.717, 1.165) is 0 Å². The number of thiophene rings is 1. The fourth-order valence-corrected chi connectivity index (χ4v) is 5.12. The van der Waals surface area contributed by atoms with Crippen molar-refractivity contribution in [3.05, 3.63) is 87.0 Å². The fourth-order valence-electron chi connectivity index (χ4n) is 4.11. The Labute approximate surface area is 196 Å². The summed E-state index contributed by atoms with van der Waals surface area (Å²) in [5, 5.41) is 13.9. The molecule has 7 nitrogen and oxygen atoms in total. The van der Waals surface area contributed by atoms with Gasteiger partial charge in [0, 0.05) is 27.0 Å². The van der Waals surface area contributed by atoms with Gasteiger partial charge in [-0.25, -0.2) is 0 Å². The van der Waals surface area contributed by atoms with Crippen molar-refractivity contribution in [3.8, 4) is 11.5 Å². The fraction of sp³-hybridized carbons (Fsp3) is 0.0833. The standard InChI is InChI=1S/C24H14ClNO6S/c25-13-3-5-15-12(8-13)9-18(32-15)22(27)20-21(19-2-1-7-33-19)26(24(29)23(20)28)14-4-6-16-17(10-14)31-11-30-16/h1-10,21,28H,11H2. The summed E-state index contributed by atoms with van der Waals surface area (Å²) in [6, 6.07) is 14.4. The maximum atomic E-state index is 13.6. The van der Waals surface area contributed by atoms with Crippen molar-refractivity contribution < 1.29 is 28.6 Å². The van der Waals surface area contributed by atoms with E-state index in [1.165, 1.54) is 16.2 Å². The Morgan fingerprint density at radius 3 is 2.76 bits per heavy atom. The van der Waals surface area contributed by atoms with Gasteiger partial charge in [-0.1, -0.05) is 17.7 Å². The number of aliphatic hydroxyl groups is 1. The molecule has 164 valence electrons. The highest BCUT2D eigenvalue weighted by Crippen LogP contribution is 2.46. The van der Waals surface area contributed by atoms with E-state index in [1.54, 1.807) is 42.5 Å². The number of amides is 1. The van der Waals surface area contributed by atoms with Gasteiger partial charge in [-0.05, 0) is 47.8 Å². The van der Waals surface area contributed by atoms with E-state index in [2.05, 4.69) is 0 Å². The molecule has 0 radical (unpaired) electrons. The Morgan fingerprint density at radius 2 is 1.94 bits per heavy atom. The summed E-state index contributed by atoms with van der Waals surface area (Å²) in [4.78, 5) is 28.9. The highest BCUT2D eigenvalue weighted by atomic mass is 35.5. The Balaban J connectivity index is 1.47. The van der Waals surface area contributed by atoms with Crippen molar-refractivity contribution in [2.75, 3.05) is 11.7 Å². The van der Waals surface area contributed by atoms with E-state index < -0.39 is 23.5 Å². The number of ether oxygens (including phenoxy) is 2. The lowest BCUT2D eigenvalue weighted by molar-refractivity contribution is -0.117. The smallest absolute Gasteiger partial charge is 0.294 e. The van der Waals surface area contributed by atoms with Crippen molar-refractivity contribution in [1.29, 1.82) is 0 Å². The topological polar surface area (TPSA) is 89.2 Å². The Bertz CT molecular complexity index is 1470. The first-order valence-corrected chi connectivity index (χ1v) is 11.2. The molecular formula is C24H14ClNO6S. The number of benzene rings is 2. The minimum Gasteiger partial charge on any atom is -0.503 e. The number of hydrogen-bond donors (Lipinski definition) is 1. The summed E-state index contributed by atoms with van der Waals surface area (Å²) in [7, 11) is 0. The number of rotatable bonds is 4. The van der Waals surface area contributed by atoms with Crippen LogP contribution >= 0.6 is 22.9 Å². The van der Waals surface area contributed by atoms with Gasteiger partial charge in [0.15, 0.2) is 23.0 Å². The van der Waals surface area contributed by atoms with E-state index in [9.17, 15) is 14.7 Å². The average Bonchev–Trinajstić information content (AvgIpc) is 3.59. The van der Waals surface area contributed by atoms with Crippen LogP contribution in [0.5, 0.6) is 11.5 Å². The molecule has 0 bridgehead atoms. The number of aliphatic hydroxyl groups excluding tert-OH is 1. The molecule has 0 saturated carbocycles. The Kier molecular flexibility index (Phi) is 4.46. The number of nitrogens with zero attached hydrogens (tertiary/aromatic N) is 1. The third kappa shape index (κ3) is 3.10. The van der Waals surface area contributed by atoms with Gasteiger partial charge in [-0.2, -0.15) is 0 Å². The molecule has 4 heterocycles. The van der Waals surface area contributed by atoms with Crippen molar-refractivity contribution in [1.82, 2.24) is 0 Å². The van der Waals surface area contributed by atoms with Crippen LogP contribution in [0, 0.1) is 0 Å². The first-order chi connectivity index (χ1) is 16.0. The van der Waals surface area contributed by atoms with Crippen molar-refractivity contribution >= 4 is 51.3 Å². The summed E-state index contributed by atoms with van der Waals surface area (Å²) in [6.07, 6.45) is 0. The van der Waals surface area contributed by atoms with Crippen LogP contribution in [0.25, 0.3) is 11.0 Å². The summed E-state index contributed by atoms with van der Waals surface area (Å²) in [5.74, 6) is -0.819. The van der Waals surface area contributed by atoms with Gasteiger partial charge < -0.3 is 19.0 Å². The zero-order valence-corrected chi connectivity index (χ0v) is 18.4. The van der Waals surface area contributed by atoms with Gasteiger partial charge in [0.25, 0.3) is 5.91 Å². The Morgan fingerprint density at radius 1 is 1.09 bits per heavy atom. The van der Waals surface area contributed by atoms with E-state index in [-0.39, 0.29) is 18.1 Å². The molecule has 2 aromatic carbocycles. The molecule has 2 aromatic heterocycles. The van der Waals surface area contributed by atoms with Gasteiger partial charge >= 0.3 is 0 Å². The van der Waals surface area contributed by atoms with Gasteiger partial charge in [-0.3, -0.25) is 14.5 Å². The van der Waals surface area contributed by atoms with E-state index in [1.807, 2.05) is 17.5 Å². The van der Waals surface area contributed by atoms with Crippen LogP contribution in [-0.4, -0.2) is 23.6 Å². The SMILES string of the molecule is O=C(C1=C(O)C(=O)N(c2ccc3c(c2)OCO3)C1c1cccs1)c1cc2cc(Cl)ccc2o1. The third-order valence-corrected chi connectivity index (χ3v) is 6.76. The predicted molar refractivity (Wildman–Crippen MR) is 122 cm³/mol. The second-order valence-corrected chi connectivity index (χ2v) is 8.93. The maximum Gasteiger partial charge on any atom is 0.294 e. The molecule has 9 heteroatoms. The highest BCUT2D eigenvalue weighted by Gasteiger charge is 2.46. The molecule has 1 amide bonds. The van der Waals surface area contributed by atoms with Crippen LogP contribution in [0.2, 0.25) is 5.02 Å². The molecule has 33 heavy (non-hydrogen) atoms. The quantitative estimate of drug-likeness (QED) is 0.380. The number of furan rings is 1. The largest absolute Gasteiger partial charge is 0.503 e. The molecule has 1 atom stereocenters. The van der Waals surface area contributed by atoms with Crippen molar-refractivity contribution in [2.45, 2.75) is 6.04 Å². The molecule has 2 aliphatic rings. The number of fused-ring (bicyclic) bond motifs is 2. The number of carbonyl (C=O) groups is 2. The van der Waals surface area contributed by atoms with Crippen LogP contribution in [0.1, 0.15) is 21.5 Å². The van der Waals surface area contributed by atoms with Crippen LogP contribution < -0.4 is 14.4 Å². The third-order valence-electron chi connectivity index (χ3n) is 5.60. The monoisotopic (exact) mass is 479 g/mol. The van der Waals surface area contributed by atoms with E-state index in [0.29, 0.717) is 38.1 Å². The normalized spacial score (nSPS) is 17.4. The van der Waals surface area contributed by atoms with Crippen LogP contribution in [0.3, 0.4) is 0 Å². The number of hydrogen-bond acceptors (Lipinski definition) is 7. The van der Waals surface area contributed by atoms with Gasteiger partial charge in [0.05, 0.1) is 5.57 Å². The minimum absolute atomic E-state index is 0.00992. The zero-order chi connectivity index (χ0) is 22.7. The van der Waals surface area contributed by atoms with E-state index >= 15 is 0 Å². The number of anilines is 1. The van der Waals surface area contributed by atoms with Gasteiger partial charge in [0.1, 0.15) is 11.6 Å². The number of Topliss-reactive ketones (excluding diaryl/α,β-unsaturated/α-hetero) is 1. The van der Waals surface area contributed by atoms with Crippen LogP contribution in [-0.2, 0) is 4.79 Å². The predicted octanol–water partition coefficient (Wildman–Crippen LogP) is 5.66. The molecule has 0 aliphatic carbocycles. The zero-order valence-electron chi connectivity index (χ0n) is 16.8. The second kappa shape index (κ2) is 7.40. The number of ketones is 1. The summed E-state index contributed by atoms with van der Waals surface area (Å²) < 4.78 is 16.5. The lowest BCUT2D eigenvalue weighted by Gasteiger charge is -2.25. The van der Waals surface area contributed by atoms with Gasteiger partial charge in [0.2, 0.25) is 12.6 Å². The minimum atomic E-state index is -0.831. The molecule has 0 fully saturated rings. The first kappa shape index (κ1) is 19.9. The maximum absolute atomic E-state index is 13.6. The summed E-state index contributed by atoms with van der Waals surface area (Å²) >= 11 is 7.43. The molecule has 1 N–H and O–H groups in total. The lowest BCUT2D eigenvalue weighted by atomic mass is 10.00. The molecule has 4 aromatic rings.